The number of fused-ring (bicyclic) bond motifs is 1. The highest BCUT2D eigenvalue weighted by molar-refractivity contribution is 7.18. The van der Waals surface area contributed by atoms with Gasteiger partial charge < -0.3 is 10.4 Å². The van der Waals surface area contributed by atoms with Gasteiger partial charge in [-0.15, -0.1) is 11.3 Å². The second kappa shape index (κ2) is 5.97. The van der Waals surface area contributed by atoms with Gasteiger partial charge in [-0.3, -0.25) is 4.79 Å². The van der Waals surface area contributed by atoms with Crippen LogP contribution in [0.2, 0.25) is 0 Å². The van der Waals surface area contributed by atoms with Crippen molar-refractivity contribution in [1.82, 2.24) is 9.97 Å². The van der Waals surface area contributed by atoms with Gasteiger partial charge in [-0.1, -0.05) is 0 Å². The van der Waals surface area contributed by atoms with Crippen LogP contribution in [0.25, 0.3) is 10.2 Å². The number of aromatic nitrogens is 2. The topological polar surface area (TPSA) is 75.1 Å². The van der Waals surface area contributed by atoms with E-state index in [1.54, 1.807) is 17.7 Å². The predicted molar refractivity (Wildman–Crippen MR) is 83.7 cm³/mol. The zero-order valence-electron chi connectivity index (χ0n) is 12.0. The van der Waals surface area contributed by atoms with Crippen LogP contribution in [0.3, 0.4) is 0 Å². The summed E-state index contributed by atoms with van der Waals surface area (Å²) in [5.41, 5.74) is 2.20. The second-order valence-corrected chi connectivity index (χ2v) is 6.64. The molecule has 2 heterocycles. The average molecular weight is 305 g/mol. The number of thiophene rings is 1. The number of hydrogen-bond donors (Lipinski definition) is 2. The maximum atomic E-state index is 11.0. The molecule has 6 heteroatoms. The standard InChI is InChI=1S/C15H19N3O2S/c1-9-7-21-13-12(9)17-8-18-14(13)16-6-10-2-4-11(5-3-10)15(19)20/h7-8,10-11H,2-6H2,1H3,(H,19,20)(H,16,17,18). The number of aryl methyl sites for hydroxylation is 1. The van der Waals surface area contributed by atoms with Crippen molar-refractivity contribution in [2.45, 2.75) is 32.6 Å². The molecule has 0 bridgehead atoms. The van der Waals surface area contributed by atoms with Crippen LogP contribution in [-0.2, 0) is 4.79 Å². The summed E-state index contributed by atoms with van der Waals surface area (Å²) in [5.74, 6) is 0.644. The Morgan fingerprint density at radius 1 is 1.38 bits per heavy atom. The zero-order valence-corrected chi connectivity index (χ0v) is 12.8. The number of hydrogen-bond acceptors (Lipinski definition) is 5. The number of carboxylic acid groups (broad SMARTS) is 1. The van der Waals surface area contributed by atoms with Crippen LogP contribution in [0.5, 0.6) is 0 Å². The Hall–Kier alpha value is -1.69. The molecule has 1 aliphatic rings. The molecule has 0 spiro atoms. The first-order chi connectivity index (χ1) is 10.1. The van der Waals surface area contributed by atoms with Gasteiger partial charge in [0, 0.05) is 6.54 Å². The van der Waals surface area contributed by atoms with Gasteiger partial charge in [0.25, 0.3) is 0 Å². The van der Waals surface area contributed by atoms with E-state index in [-0.39, 0.29) is 5.92 Å². The third-order valence-electron chi connectivity index (χ3n) is 4.29. The lowest BCUT2D eigenvalue weighted by atomic mass is 9.82. The molecule has 1 saturated carbocycles. The number of carbonyl (C=O) groups is 1. The summed E-state index contributed by atoms with van der Waals surface area (Å²) in [6.07, 6.45) is 5.13. The van der Waals surface area contributed by atoms with E-state index >= 15 is 0 Å². The molecule has 0 radical (unpaired) electrons. The molecule has 2 aromatic rings. The maximum Gasteiger partial charge on any atom is 0.306 e. The Morgan fingerprint density at radius 2 is 2.14 bits per heavy atom. The lowest BCUT2D eigenvalue weighted by Gasteiger charge is -2.26. The van der Waals surface area contributed by atoms with Gasteiger partial charge in [0.05, 0.1) is 16.1 Å². The molecule has 21 heavy (non-hydrogen) atoms. The Kier molecular flexibility index (Phi) is 4.05. The highest BCUT2D eigenvalue weighted by atomic mass is 32.1. The predicted octanol–water partition coefficient (Wildman–Crippen LogP) is 3.30. The molecule has 1 fully saturated rings. The molecule has 112 valence electrons. The first kappa shape index (κ1) is 14.3. The highest BCUT2D eigenvalue weighted by Gasteiger charge is 2.25. The molecular weight excluding hydrogens is 286 g/mol. The monoisotopic (exact) mass is 305 g/mol. The molecule has 5 nitrogen and oxygen atoms in total. The number of carboxylic acids is 1. The fourth-order valence-electron chi connectivity index (χ4n) is 2.95. The largest absolute Gasteiger partial charge is 0.481 e. The maximum absolute atomic E-state index is 11.0. The molecule has 2 N–H and O–H groups in total. The molecule has 0 saturated heterocycles. The Bertz CT molecular complexity index is 647. The second-order valence-electron chi connectivity index (χ2n) is 5.76. The van der Waals surface area contributed by atoms with E-state index in [0.29, 0.717) is 5.92 Å². The Morgan fingerprint density at radius 3 is 2.86 bits per heavy atom. The quantitative estimate of drug-likeness (QED) is 0.906. The minimum Gasteiger partial charge on any atom is -0.481 e. The van der Waals surface area contributed by atoms with Crippen LogP contribution >= 0.6 is 11.3 Å². The molecule has 0 aromatic carbocycles. The van der Waals surface area contributed by atoms with Gasteiger partial charge in [0.2, 0.25) is 0 Å². The van der Waals surface area contributed by atoms with Crippen LogP contribution in [0.4, 0.5) is 5.82 Å². The van der Waals surface area contributed by atoms with Crippen molar-refractivity contribution in [2.75, 3.05) is 11.9 Å². The van der Waals surface area contributed by atoms with E-state index in [2.05, 4.69) is 27.6 Å². The summed E-state index contributed by atoms with van der Waals surface area (Å²) < 4.78 is 1.11. The molecule has 1 aliphatic carbocycles. The minimum absolute atomic E-state index is 0.146. The van der Waals surface area contributed by atoms with Crippen molar-refractivity contribution < 1.29 is 9.90 Å². The first-order valence-corrected chi connectivity index (χ1v) is 8.18. The van der Waals surface area contributed by atoms with Gasteiger partial charge in [0.15, 0.2) is 0 Å². The Labute approximate surface area is 127 Å². The fraction of sp³-hybridized carbons (Fsp3) is 0.533. The molecular formula is C15H19N3O2S. The van der Waals surface area contributed by atoms with E-state index in [1.807, 2.05) is 0 Å². The summed E-state index contributed by atoms with van der Waals surface area (Å²) in [4.78, 5) is 19.6. The number of anilines is 1. The van der Waals surface area contributed by atoms with Crippen molar-refractivity contribution in [2.24, 2.45) is 11.8 Å². The smallest absolute Gasteiger partial charge is 0.306 e. The van der Waals surface area contributed by atoms with E-state index < -0.39 is 5.97 Å². The summed E-state index contributed by atoms with van der Waals surface area (Å²) in [7, 11) is 0. The van der Waals surface area contributed by atoms with Crippen molar-refractivity contribution in [1.29, 1.82) is 0 Å². The Balaban J connectivity index is 1.61. The van der Waals surface area contributed by atoms with Gasteiger partial charge in [-0.25, -0.2) is 9.97 Å². The molecule has 0 aliphatic heterocycles. The normalized spacial score (nSPS) is 22.3. The summed E-state index contributed by atoms with van der Waals surface area (Å²) in [6.45, 7) is 2.91. The molecule has 3 rings (SSSR count). The third-order valence-corrected chi connectivity index (χ3v) is 5.38. The molecule has 0 atom stereocenters. The number of nitrogens with zero attached hydrogens (tertiary/aromatic N) is 2. The van der Waals surface area contributed by atoms with Crippen LogP contribution in [0, 0.1) is 18.8 Å². The molecule has 2 aromatic heterocycles. The SMILES string of the molecule is Cc1csc2c(NCC3CCC(C(=O)O)CC3)ncnc12. The average Bonchev–Trinajstić information content (AvgIpc) is 2.88. The zero-order chi connectivity index (χ0) is 14.8. The van der Waals surface area contributed by atoms with Crippen molar-refractivity contribution in [3.8, 4) is 0 Å². The summed E-state index contributed by atoms with van der Waals surface area (Å²) in [5, 5.41) is 14.5. The molecule has 0 amide bonds. The van der Waals surface area contributed by atoms with Crippen molar-refractivity contribution in [3.05, 3.63) is 17.3 Å². The van der Waals surface area contributed by atoms with E-state index in [9.17, 15) is 4.79 Å². The lowest BCUT2D eigenvalue weighted by Crippen LogP contribution is -2.25. The number of rotatable bonds is 4. The summed E-state index contributed by atoms with van der Waals surface area (Å²) >= 11 is 1.67. The fourth-order valence-corrected chi connectivity index (χ4v) is 3.92. The number of aliphatic carboxylic acids is 1. The highest BCUT2D eigenvalue weighted by Crippen LogP contribution is 2.31. The van der Waals surface area contributed by atoms with Crippen molar-refractivity contribution >= 4 is 33.3 Å². The molecule has 0 unspecified atom stereocenters. The van der Waals surface area contributed by atoms with Gasteiger partial charge in [-0.2, -0.15) is 0 Å². The van der Waals surface area contributed by atoms with E-state index in [4.69, 9.17) is 5.11 Å². The lowest BCUT2D eigenvalue weighted by molar-refractivity contribution is -0.143. The van der Waals surface area contributed by atoms with Crippen LogP contribution in [-0.4, -0.2) is 27.6 Å². The minimum atomic E-state index is -0.645. The van der Waals surface area contributed by atoms with E-state index in [1.165, 1.54) is 5.56 Å². The third kappa shape index (κ3) is 3.00. The van der Waals surface area contributed by atoms with Crippen molar-refractivity contribution in [3.63, 3.8) is 0 Å². The van der Waals surface area contributed by atoms with E-state index in [0.717, 1.165) is 48.3 Å². The first-order valence-electron chi connectivity index (χ1n) is 7.30. The van der Waals surface area contributed by atoms with Gasteiger partial charge >= 0.3 is 5.97 Å². The number of nitrogens with one attached hydrogen (secondary N) is 1. The van der Waals surface area contributed by atoms with Crippen LogP contribution in [0.15, 0.2) is 11.7 Å². The summed E-state index contributed by atoms with van der Waals surface area (Å²) in [6, 6.07) is 0. The van der Waals surface area contributed by atoms with Crippen LogP contribution < -0.4 is 5.32 Å². The van der Waals surface area contributed by atoms with Crippen LogP contribution in [0.1, 0.15) is 31.2 Å². The van der Waals surface area contributed by atoms with Gasteiger partial charge in [0.1, 0.15) is 12.1 Å². The van der Waals surface area contributed by atoms with Gasteiger partial charge in [-0.05, 0) is 49.5 Å².